The van der Waals surface area contributed by atoms with Gasteiger partial charge >= 0.3 is 11.9 Å². The van der Waals surface area contributed by atoms with E-state index in [4.69, 9.17) is 9.47 Å². The Labute approximate surface area is 196 Å². The van der Waals surface area contributed by atoms with Gasteiger partial charge in [-0.15, -0.1) is 0 Å². The molecule has 4 fully saturated rings. The van der Waals surface area contributed by atoms with Gasteiger partial charge in [-0.2, -0.15) is 0 Å². The van der Waals surface area contributed by atoms with Crippen molar-refractivity contribution in [1.29, 1.82) is 0 Å². The molecule has 0 spiro atoms. The molecule has 1 aromatic rings. The molecule has 0 radical (unpaired) electrons. The number of ether oxygens (including phenoxy) is 2. The molecule has 178 valence electrons. The van der Waals surface area contributed by atoms with Crippen LogP contribution in [0, 0.1) is 34.5 Å². The molecule has 5 heteroatoms. The average Bonchev–Trinajstić information content (AvgIpc) is 3.24. The third-order valence-corrected chi connectivity index (χ3v) is 11.2. The first-order valence-corrected chi connectivity index (χ1v) is 12.3. The van der Waals surface area contributed by atoms with Crippen LogP contribution in [-0.2, 0) is 14.3 Å². The standard InChI is InChI=1S/C28H36O5/c1-16-12-17(15-29)13-19(20-14-18-8-9-26(20,6)24(18,2)3)21(16)32-23(31)28-11-10-27(7,22(30)33-28)25(28,4)5/h12-13,15,18,20H,8-11,14H2,1-7H3/t18-,20+,26+,27-,28+/m0/s1. The minimum atomic E-state index is -1.27. The number of esters is 2. The van der Waals surface area contributed by atoms with Gasteiger partial charge in [-0.3, -0.25) is 9.59 Å². The number of benzene rings is 1. The summed E-state index contributed by atoms with van der Waals surface area (Å²) in [7, 11) is 0. The van der Waals surface area contributed by atoms with Gasteiger partial charge in [0.05, 0.1) is 5.41 Å². The number of carbonyl (C=O) groups is 3. The van der Waals surface area contributed by atoms with Crippen LogP contribution in [0.5, 0.6) is 5.75 Å². The zero-order chi connectivity index (χ0) is 24.2. The summed E-state index contributed by atoms with van der Waals surface area (Å²) >= 11 is 0. The van der Waals surface area contributed by atoms with Gasteiger partial charge in [-0.05, 0) is 91.9 Å². The van der Waals surface area contributed by atoms with Crippen LogP contribution in [-0.4, -0.2) is 23.8 Å². The van der Waals surface area contributed by atoms with Crippen LogP contribution in [0.15, 0.2) is 12.1 Å². The first kappa shape index (κ1) is 22.6. The van der Waals surface area contributed by atoms with Crippen molar-refractivity contribution < 1.29 is 23.9 Å². The van der Waals surface area contributed by atoms with E-state index in [0.29, 0.717) is 30.1 Å². The topological polar surface area (TPSA) is 69.7 Å². The maximum absolute atomic E-state index is 13.8. The third-order valence-electron chi connectivity index (χ3n) is 11.2. The Morgan fingerprint density at radius 2 is 1.79 bits per heavy atom. The van der Waals surface area contributed by atoms with Gasteiger partial charge in [0.1, 0.15) is 12.0 Å². The van der Waals surface area contributed by atoms with Gasteiger partial charge in [0.2, 0.25) is 5.60 Å². The Hall–Kier alpha value is -2.17. The SMILES string of the molecule is Cc1cc(C=O)cc([C@H]2C[C@@H]3CC[C@@]2(C)C3(C)C)c1OC(=O)[C@@]12CC[C@@](C)(C(=O)O1)C2(C)C. The van der Waals surface area contributed by atoms with Crippen LogP contribution >= 0.6 is 0 Å². The van der Waals surface area contributed by atoms with Crippen molar-refractivity contribution in [3.05, 3.63) is 28.8 Å². The van der Waals surface area contributed by atoms with E-state index in [1.54, 1.807) is 6.07 Å². The van der Waals surface area contributed by atoms with Crippen molar-refractivity contribution >= 4 is 18.2 Å². The number of aryl methyl sites for hydroxylation is 1. The van der Waals surface area contributed by atoms with Crippen molar-refractivity contribution in [2.75, 3.05) is 0 Å². The zero-order valence-corrected chi connectivity index (χ0v) is 21.0. The van der Waals surface area contributed by atoms with Crippen LogP contribution in [0.2, 0.25) is 0 Å². The Morgan fingerprint density at radius 1 is 1.09 bits per heavy atom. The molecule has 3 saturated carbocycles. The zero-order valence-electron chi connectivity index (χ0n) is 21.0. The molecule has 1 aromatic carbocycles. The van der Waals surface area contributed by atoms with Gasteiger partial charge in [0.25, 0.3) is 0 Å². The van der Waals surface area contributed by atoms with E-state index in [-0.39, 0.29) is 22.7 Å². The van der Waals surface area contributed by atoms with E-state index >= 15 is 0 Å². The van der Waals surface area contributed by atoms with Gasteiger partial charge < -0.3 is 9.47 Å². The summed E-state index contributed by atoms with van der Waals surface area (Å²) in [5.41, 5.74) is -0.0584. The van der Waals surface area contributed by atoms with E-state index in [1.165, 1.54) is 6.42 Å². The van der Waals surface area contributed by atoms with Crippen LogP contribution in [0.25, 0.3) is 0 Å². The highest BCUT2D eigenvalue weighted by atomic mass is 16.6. The molecule has 0 aromatic heterocycles. The quantitative estimate of drug-likeness (QED) is 0.330. The molecule has 1 saturated heterocycles. The largest absolute Gasteiger partial charge is 0.446 e. The molecule has 4 aliphatic rings. The van der Waals surface area contributed by atoms with Crippen molar-refractivity contribution in [2.45, 2.75) is 92.1 Å². The molecule has 3 aliphatic carbocycles. The van der Waals surface area contributed by atoms with E-state index in [9.17, 15) is 14.4 Å². The molecule has 0 amide bonds. The first-order valence-electron chi connectivity index (χ1n) is 12.3. The monoisotopic (exact) mass is 452 g/mol. The number of rotatable bonds is 4. The van der Waals surface area contributed by atoms with E-state index < -0.39 is 22.4 Å². The summed E-state index contributed by atoms with van der Waals surface area (Å²) in [6.07, 6.45) is 5.32. The minimum Gasteiger partial charge on any atom is -0.446 e. The van der Waals surface area contributed by atoms with E-state index in [2.05, 4.69) is 20.8 Å². The molecule has 33 heavy (non-hydrogen) atoms. The van der Waals surface area contributed by atoms with Gasteiger partial charge in [0, 0.05) is 11.0 Å². The predicted octanol–water partition coefficient (Wildman–Crippen LogP) is 5.76. The second-order valence-corrected chi connectivity index (χ2v) is 12.6. The smallest absolute Gasteiger partial charge is 0.356 e. The molecule has 1 aliphatic heterocycles. The molecule has 0 N–H and O–H groups in total. The van der Waals surface area contributed by atoms with Crippen LogP contribution in [0.3, 0.4) is 0 Å². The maximum Gasteiger partial charge on any atom is 0.356 e. The third kappa shape index (κ3) is 2.46. The molecule has 5 atom stereocenters. The lowest BCUT2D eigenvalue weighted by Crippen LogP contribution is -2.50. The Kier molecular flexibility index (Phi) is 4.44. The highest BCUT2D eigenvalue weighted by molar-refractivity contribution is 5.94. The molecule has 4 bridgehead atoms. The average molecular weight is 453 g/mol. The summed E-state index contributed by atoms with van der Waals surface area (Å²) in [5.74, 6) is 0.560. The normalized spacial score (nSPS) is 39.5. The lowest BCUT2D eigenvalue weighted by atomic mass is 9.64. The summed E-state index contributed by atoms with van der Waals surface area (Å²) < 4.78 is 12.0. The molecular formula is C28H36O5. The summed E-state index contributed by atoms with van der Waals surface area (Å²) in [6, 6.07) is 3.69. The number of carbonyl (C=O) groups excluding carboxylic acids is 3. The lowest BCUT2D eigenvalue weighted by molar-refractivity contribution is -0.176. The van der Waals surface area contributed by atoms with Crippen molar-refractivity contribution in [2.24, 2.45) is 27.6 Å². The molecular weight excluding hydrogens is 416 g/mol. The summed E-state index contributed by atoms with van der Waals surface area (Å²) in [4.78, 5) is 38.2. The number of hydrogen-bond donors (Lipinski definition) is 0. The second kappa shape index (κ2) is 6.49. The molecule has 5 nitrogen and oxygen atoms in total. The fraction of sp³-hybridized carbons (Fsp3) is 0.679. The summed E-state index contributed by atoms with van der Waals surface area (Å²) in [6.45, 7) is 14.7. The van der Waals surface area contributed by atoms with Crippen molar-refractivity contribution in [1.82, 2.24) is 0 Å². The summed E-state index contributed by atoms with van der Waals surface area (Å²) in [5, 5.41) is 0. The second-order valence-electron chi connectivity index (χ2n) is 12.6. The van der Waals surface area contributed by atoms with Crippen molar-refractivity contribution in [3.8, 4) is 5.75 Å². The lowest BCUT2D eigenvalue weighted by Gasteiger charge is -2.40. The first-order chi connectivity index (χ1) is 15.2. The molecule has 1 heterocycles. The highest BCUT2D eigenvalue weighted by Crippen LogP contribution is 2.72. The number of hydrogen-bond acceptors (Lipinski definition) is 5. The minimum absolute atomic E-state index is 0.0656. The van der Waals surface area contributed by atoms with Gasteiger partial charge in [0.15, 0.2) is 0 Å². The molecule has 5 rings (SSSR count). The number of aldehydes is 1. The Bertz CT molecular complexity index is 1080. The fourth-order valence-corrected chi connectivity index (χ4v) is 7.85. The predicted molar refractivity (Wildman–Crippen MR) is 124 cm³/mol. The van der Waals surface area contributed by atoms with Crippen LogP contribution < -0.4 is 4.74 Å². The van der Waals surface area contributed by atoms with Crippen LogP contribution in [0.1, 0.15) is 101 Å². The highest BCUT2D eigenvalue weighted by Gasteiger charge is 2.76. The Balaban J connectivity index is 1.58. The maximum atomic E-state index is 13.8. The Morgan fingerprint density at radius 3 is 2.27 bits per heavy atom. The molecule has 0 unspecified atom stereocenters. The van der Waals surface area contributed by atoms with Gasteiger partial charge in [-0.25, -0.2) is 4.79 Å². The van der Waals surface area contributed by atoms with Gasteiger partial charge in [-0.1, -0.05) is 34.6 Å². The fourth-order valence-electron chi connectivity index (χ4n) is 7.85. The van der Waals surface area contributed by atoms with E-state index in [0.717, 1.165) is 30.3 Å². The van der Waals surface area contributed by atoms with Crippen LogP contribution in [0.4, 0.5) is 0 Å². The van der Waals surface area contributed by atoms with E-state index in [1.807, 2.05) is 33.8 Å². The van der Waals surface area contributed by atoms with Crippen molar-refractivity contribution in [3.63, 3.8) is 0 Å². The number of fused-ring (bicyclic) bond motifs is 4.